The summed E-state index contributed by atoms with van der Waals surface area (Å²) >= 11 is 12.3. The number of anilines is 2. The van der Waals surface area contributed by atoms with Crippen molar-refractivity contribution in [2.24, 2.45) is 11.1 Å². The lowest BCUT2D eigenvalue weighted by molar-refractivity contribution is -0.122. The van der Waals surface area contributed by atoms with Crippen LogP contribution in [0.25, 0.3) is 0 Å². The molecule has 3 amide bonds. The Morgan fingerprint density at radius 2 is 1.82 bits per heavy atom. The van der Waals surface area contributed by atoms with E-state index in [4.69, 9.17) is 38.4 Å². The average Bonchev–Trinajstić information content (AvgIpc) is 3.38. The van der Waals surface area contributed by atoms with Crippen molar-refractivity contribution < 1.29 is 32.6 Å². The van der Waals surface area contributed by atoms with Crippen LogP contribution in [-0.2, 0) is 14.9 Å². The number of carbonyl (C=O) groups excluding carboxylic acids is 3. The molecular formula is C31H30Cl2F2N4O5. The van der Waals surface area contributed by atoms with Crippen LogP contribution in [0.2, 0.25) is 10.0 Å². The van der Waals surface area contributed by atoms with Gasteiger partial charge in [0.15, 0.2) is 6.23 Å². The number of carbonyl (C=O) groups is 3. The lowest BCUT2D eigenvalue weighted by atomic mass is 9.63. The van der Waals surface area contributed by atoms with E-state index < -0.39 is 53.1 Å². The Kier molecular flexibility index (Phi) is 8.25. The predicted molar refractivity (Wildman–Crippen MR) is 162 cm³/mol. The fourth-order valence-electron chi connectivity index (χ4n) is 6.18. The number of amides is 3. The zero-order valence-electron chi connectivity index (χ0n) is 24.2. The van der Waals surface area contributed by atoms with Crippen LogP contribution in [-0.4, -0.2) is 37.3 Å². The van der Waals surface area contributed by atoms with Crippen molar-refractivity contribution >= 4 is 52.5 Å². The number of nitrogens with two attached hydrogens (primary N) is 1. The minimum Gasteiger partial charge on any atom is -0.495 e. The van der Waals surface area contributed by atoms with E-state index in [1.165, 1.54) is 49.6 Å². The molecule has 0 aliphatic carbocycles. The zero-order valence-corrected chi connectivity index (χ0v) is 25.7. The monoisotopic (exact) mass is 646 g/mol. The third-order valence-corrected chi connectivity index (χ3v) is 8.51. The van der Waals surface area contributed by atoms with Crippen molar-refractivity contribution in [3.8, 4) is 5.75 Å². The first-order valence-corrected chi connectivity index (χ1v) is 14.4. The normalized spacial score (nSPS) is 22.5. The molecule has 5 N–H and O–H groups in total. The molecule has 2 heterocycles. The van der Waals surface area contributed by atoms with Gasteiger partial charge in [-0.1, -0.05) is 56.1 Å². The molecule has 9 nitrogen and oxygen atoms in total. The Bertz CT molecular complexity index is 1680. The van der Waals surface area contributed by atoms with Crippen LogP contribution in [0.15, 0.2) is 48.5 Å². The van der Waals surface area contributed by atoms with Gasteiger partial charge < -0.3 is 20.5 Å². The van der Waals surface area contributed by atoms with Crippen molar-refractivity contribution in [3.05, 3.63) is 86.9 Å². The summed E-state index contributed by atoms with van der Waals surface area (Å²) in [5.74, 6) is -3.90. The Balaban J connectivity index is 1.64. The molecular weight excluding hydrogens is 617 g/mol. The van der Waals surface area contributed by atoms with Gasteiger partial charge >= 0.3 is 6.09 Å². The average molecular weight is 648 g/mol. The third kappa shape index (κ3) is 5.44. The molecule has 1 spiro atoms. The summed E-state index contributed by atoms with van der Waals surface area (Å²) in [5.41, 5.74) is 4.12. The van der Waals surface area contributed by atoms with E-state index in [0.29, 0.717) is 6.42 Å². The molecule has 3 aromatic carbocycles. The van der Waals surface area contributed by atoms with Gasteiger partial charge in [-0.15, -0.1) is 0 Å². The number of fused-ring (bicyclic) bond motifs is 2. The molecule has 2 aliphatic heterocycles. The fourth-order valence-corrected chi connectivity index (χ4v) is 6.53. The number of hydrogen-bond donors (Lipinski definition) is 4. The van der Waals surface area contributed by atoms with E-state index in [0.717, 1.165) is 6.07 Å². The molecule has 0 bridgehead atoms. The van der Waals surface area contributed by atoms with Crippen molar-refractivity contribution in [1.29, 1.82) is 0 Å². The van der Waals surface area contributed by atoms with E-state index in [2.05, 4.69) is 16.0 Å². The first kappa shape index (κ1) is 31.5. The van der Waals surface area contributed by atoms with Gasteiger partial charge in [-0.3, -0.25) is 20.2 Å². The van der Waals surface area contributed by atoms with Gasteiger partial charge in [-0.25, -0.2) is 13.6 Å². The zero-order chi connectivity index (χ0) is 32.1. The van der Waals surface area contributed by atoms with E-state index >= 15 is 8.78 Å². The topological polar surface area (TPSA) is 132 Å². The second kappa shape index (κ2) is 11.5. The molecule has 44 heavy (non-hydrogen) atoms. The van der Waals surface area contributed by atoms with Crippen molar-refractivity contribution in [3.63, 3.8) is 0 Å². The lowest BCUT2D eigenvalue weighted by Crippen LogP contribution is -2.49. The van der Waals surface area contributed by atoms with E-state index in [9.17, 15) is 14.4 Å². The van der Waals surface area contributed by atoms with E-state index in [1.807, 2.05) is 20.8 Å². The highest BCUT2D eigenvalue weighted by Crippen LogP contribution is 2.57. The minimum atomic E-state index is -1.65. The summed E-state index contributed by atoms with van der Waals surface area (Å²) < 4.78 is 42.1. The van der Waals surface area contributed by atoms with Gasteiger partial charge in [0.05, 0.1) is 28.8 Å². The van der Waals surface area contributed by atoms with Gasteiger partial charge in [0, 0.05) is 17.3 Å². The highest BCUT2D eigenvalue weighted by atomic mass is 35.5. The number of hydrogen-bond acceptors (Lipinski definition) is 6. The summed E-state index contributed by atoms with van der Waals surface area (Å²) in [4.78, 5) is 39.2. The fraction of sp³-hybridized carbons (Fsp3) is 0.323. The standard InChI is InChI=1S/C31H30Cl2F2N4O5/c1-30(2,3)13-23-31(16-11-19(34)18(33)12-21(16)37-28(31)41)24(15-6-5-7-17(32)25(15)35)27(39-23)44-29(42)38-20-9-8-14(26(36)40)10-22(20)43-4/h5-12,23-24,27,39H,13H2,1-4H3,(H2,36,40)(H,37,41)(H,38,42)/t23-,24-,27+,31+/m0/s1. The summed E-state index contributed by atoms with van der Waals surface area (Å²) in [6.45, 7) is 5.86. The predicted octanol–water partition coefficient (Wildman–Crippen LogP) is 6.34. The van der Waals surface area contributed by atoms with Crippen molar-refractivity contribution in [2.45, 2.75) is 50.8 Å². The first-order chi connectivity index (χ1) is 20.7. The molecule has 2 aliphatic rings. The summed E-state index contributed by atoms with van der Waals surface area (Å²) in [5, 5.41) is 8.20. The third-order valence-electron chi connectivity index (χ3n) is 7.93. The summed E-state index contributed by atoms with van der Waals surface area (Å²) in [6.07, 6.45) is -1.94. The van der Waals surface area contributed by atoms with Gasteiger partial charge in [0.1, 0.15) is 22.8 Å². The molecule has 1 saturated heterocycles. The number of rotatable bonds is 6. The summed E-state index contributed by atoms with van der Waals surface area (Å²) in [6, 6.07) is 10.2. The highest BCUT2D eigenvalue weighted by Gasteiger charge is 2.66. The van der Waals surface area contributed by atoms with Gasteiger partial charge in [-0.2, -0.15) is 0 Å². The van der Waals surface area contributed by atoms with Crippen molar-refractivity contribution in [2.75, 3.05) is 17.7 Å². The first-order valence-electron chi connectivity index (χ1n) is 13.6. The number of halogens is 4. The number of nitrogens with one attached hydrogen (secondary N) is 3. The maximum absolute atomic E-state index is 15.9. The van der Waals surface area contributed by atoms with Crippen LogP contribution in [0, 0.1) is 17.0 Å². The molecule has 0 aromatic heterocycles. The Morgan fingerprint density at radius 1 is 1.09 bits per heavy atom. The maximum atomic E-state index is 15.9. The van der Waals surface area contributed by atoms with Crippen LogP contribution in [0.5, 0.6) is 5.75 Å². The molecule has 13 heteroatoms. The highest BCUT2D eigenvalue weighted by molar-refractivity contribution is 6.31. The second-order valence-corrected chi connectivity index (χ2v) is 12.8. The Labute approximate surface area is 262 Å². The number of primary amides is 1. The number of benzene rings is 3. The minimum absolute atomic E-state index is 0.0130. The van der Waals surface area contributed by atoms with Crippen molar-refractivity contribution in [1.82, 2.24) is 5.32 Å². The quantitative estimate of drug-likeness (QED) is 0.247. The summed E-state index contributed by atoms with van der Waals surface area (Å²) in [7, 11) is 1.34. The van der Waals surface area contributed by atoms with Crippen LogP contribution >= 0.6 is 23.2 Å². The Hall–Kier alpha value is -3.93. The molecule has 0 saturated carbocycles. The van der Waals surface area contributed by atoms with Gasteiger partial charge in [0.25, 0.3) is 0 Å². The van der Waals surface area contributed by atoms with Crippen LogP contribution in [0.3, 0.4) is 0 Å². The molecule has 4 atom stereocenters. The maximum Gasteiger partial charge on any atom is 0.413 e. The molecule has 3 aromatic rings. The Morgan fingerprint density at radius 3 is 2.48 bits per heavy atom. The van der Waals surface area contributed by atoms with Gasteiger partial charge in [-0.05, 0) is 59.4 Å². The van der Waals surface area contributed by atoms with E-state index in [1.54, 1.807) is 0 Å². The lowest BCUT2D eigenvalue weighted by Gasteiger charge is -2.37. The second-order valence-electron chi connectivity index (χ2n) is 12.0. The molecule has 1 fully saturated rings. The molecule has 0 radical (unpaired) electrons. The largest absolute Gasteiger partial charge is 0.495 e. The molecule has 5 rings (SSSR count). The van der Waals surface area contributed by atoms with Crippen LogP contribution < -0.4 is 26.4 Å². The number of ether oxygens (including phenoxy) is 2. The van der Waals surface area contributed by atoms with Gasteiger partial charge in [0.2, 0.25) is 11.8 Å². The molecule has 232 valence electrons. The smallest absolute Gasteiger partial charge is 0.413 e. The number of methoxy groups -OCH3 is 1. The molecule has 0 unspecified atom stereocenters. The van der Waals surface area contributed by atoms with Crippen LogP contribution in [0.1, 0.15) is 54.6 Å². The SMILES string of the molecule is COc1cc(C(N)=O)ccc1NC(=O)O[C@H]1N[C@@H](CC(C)(C)C)[C@@]2(C(=O)Nc3cc(Cl)c(F)cc32)[C@H]1c1cccc(Cl)c1F. The van der Waals surface area contributed by atoms with E-state index in [-0.39, 0.29) is 49.3 Å². The van der Waals surface area contributed by atoms with Crippen LogP contribution in [0.4, 0.5) is 25.0 Å².